The number of piperidine rings is 1. The second-order valence-electron chi connectivity index (χ2n) is 10.5. The Morgan fingerprint density at radius 3 is 1.88 bits per heavy atom. The van der Waals surface area contributed by atoms with E-state index in [2.05, 4.69) is 22.0 Å². The molecule has 0 aromatic carbocycles. The van der Waals surface area contributed by atoms with Gasteiger partial charge in [-0.2, -0.15) is 0 Å². The number of rotatable bonds is 15. The monoisotopic (exact) mass is 475 g/mol. The lowest BCUT2D eigenvalue weighted by molar-refractivity contribution is -0.127. The van der Waals surface area contributed by atoms with Gasteiger partial charge in [-0.3, -0.25) is 10.1 Å². The van der Waals surface area contributed by atoms with E-state index >= 15 is 0 Å². The highest BCUT2D eigenvalue weighted by Crippen LogP contribution is 2.27. The van der Waals surface area contributed by atoms with Gasteiger partial charge in [-0.1, -0.05) is 90.4 Å². The predicted molar refractivity (Wildman–Crippen MR) is 139 cm³/mol. The van der Waals surface area contributed by atoms with Crippen LogP contribution in [0.2, 0.25) is 0 Å². The number of hydrogen-bond donors (Lipinski definition) is 1. The number of carbonyl (C=O) groups is 2. The molecular formula is C27H49N5O2. The Balaban J connectivity index is 1.34. The van der Waals surface area contributed by atoms with E-state index in [1.807, 2.05) is 0 Å². The number of urea groups is 1. The van der Waals surface area contributed by atoms with E-state index in [-0.39, 0.29) is 18.0 Å². The smallest absolute Gasteiger partial charge is 0.325 e. The number of likely N-dealkylation sites (N-methyl/N-ethyl adjacent to an activating group) is 1. The minimum atomic E-state index is -0.398. The van der Waals surface area contributed by atoms with Crippen LogP contribution in [0.1, 0.15) is 116 Å². The molecule has 2 unspecified atom stereocenters. The molecule has 0 bridgehead atoms. The van der Waals surface area contributed by atoms with E-state index in [0.717, 1.165) is 32.0 Å². The molecule has 0 aliphatic carbocycles. The summed E-state index contributed by atoms with van der Waals surface area (Å²) in [5.41, 5.74) is 0. The van der Waals surface area contributed by atoms with E-state index in [1.165, 1.54) is 103 Å². The molecule has 2 atom stereocenters. The van der Waals surface area contributed by atoms with Crippen LogP contribution in [0.4, 0.5) is 4.79 Å². The largest absolute Gasteiger partial charge is 0.343 e. The molecule has 0 aromatic heterocycles. The predicted octanol–water partition coefficient (Wildman–Crippen LogP) is 5.50. The third-order valence-electron chi connectivity index (χ3n) is 7.73. The van der Waals surface area contributed by atoms with Crippen molar-refractivity contribution in [2.75, 3.05) is 26.7 Å². The van der Waals surface area contributed by atoms with Crippen LogP contribution in [0.15, 0.2) is 4.99 Å². The van der Waals surface area contributed by atoms with Gasteiger partial charge in [-0.15, -0.1) is 0 Å². The van der Waals surface area contributed by atoms with Gasteiger partial charge in [0.05, 0.1) is 0 Å². The van der Waals surface area contributed by atoms with Crippen molar-refractivity contribution in [1.82, 2.24) is 20.0 Å². The lowest BCUT2D eigenvalue weighted by Crippen LogP contribution is -2.64. The minimum absolute atomic E-state index is 0.200. The van der Waals surface area contributed by atoms with Crippen LogP contribution in [0.3, 0.4) is 0 Å². The Kier molecular flexibility index (Phi) is 11.5. The van der Waals surface area contributed by atoms with Crippen LogP contribution < -0.4 is 5.32 Å². The second-order valence-corrected chi connectivity index (χ2v) is 10.5. The number of aliphatic imine (C=N–C) groups is 1. The van der Waals surface area contributed by atoms with Gasteiger partial charge < -0.3 is 14.7 Å². The maximum Gasteiger partial charge on any atom is 0.325 e. The van der Waals surface area contributed by atoms with Gasteiger partial charge in [0.25, 0.3) is 5.91 Å². The van der Waals surface area contributed by atoms with Crippen molar-refractivity contribution < 1.29 is 9.59 Å². The van der Waals surface area contributed by atoms with Crippen LogP contribution in [-0.4, -0.2) is 71.5 Å². The molecule has 194 valence electrons. The summed E-state index contributed by atoms with van der Waals surface area (Å²) in [6.07, 6.45) is 21.9. The van der Waals surface area contributed by atoms with Gasteiger partial charge in [0.1, 0.15) is 0 Å². The highest BCUT2D eigenvalue weighted by molar-refractivity contribution is 6.03. The minimum Gasteiger partial charge on any atom is -0.343 e. The van der Waals surface area contributed by atoms with Crippen molar-refractivity contribution in [3.8, 4) is 0 Å². The third kappa shape index (κ3) is 7.61. The highest BCUT2D eigenvalue weighted by atomic mass is 16.2. The SMILES string of the molecule is CCCCCCCCCCCCCCCCN1C(N2CCCCC2)=NC2C1C(=O)NC(=O)N2C. The average Bonchev–Trinajstić information content (AvgIpc) is 3.23. The lowest BCUT2D eigenvalue weighted by atomic mass is 10.0. The van der Waals surface area contributed by atoms with E-state index in [0.29, 0.717) is 0 Å². The van der Waals surface area contributed by atoms with Crippen LogP contribution in [0.5, 0.6) is 0 Å². The van der Waals surface area contributed by atoms with Crippen molar-refractivity contribution in [1.29, 1.82) is 0 Å². The number of likely N-dealkylation sites (tertiary alicyclic amines) is 1. The number of imide groups is 1. The van der Waals surface area contributed by atoms with Crippen LogP contribution in [0.25, 0.3) is 0 Å². The Bertz CT molecular complexity index is 661. The number of fused-ring (bicyclic) bond motifs is 1. The first-order chi connectivity index (χ1) is 16.6. The summed E-state index contributed by atoms with van der Waals surface area (Å²) >= 11 is 0. The van der Waals surface area contributed by atoms with E-state index in [9.17, 15) is 9.59 Å². The van der Waals surface area contributed by atoms with Crippen LogP contribution in [0, 0.1) is 0 Å². The summed E-state index contributed by atoms with van der Waals surface area (Å²) in [6, 6.07) is -0.729. The Morgan fingerprint density at radius 2 is 1.32 bits per heavy atom. The molecule has 3 aliphatic rings. The van der Waals surface area contributed by atoms with Gasteiger partial charge in [-0.25, -0.2) is 9.79 Å². The molecule has 0 spiro atoms. The highest BCUT2D eigenvalue weighted by Gasteiger charge is 2.49. The first-order valence-corrected chi connectivity index (χ1v) is 14.3. The van der Waals surface area contributed by atoms with Crippen molar-refractivity contribution in [3.63, 3.8) is 0 Å². The van der Waals surface area contributed by atoms with Crippen LogP contribution in [-0.2, 0) is 4.79 Å². The molecule has 3 aliphatic heterocycles. The fourth-order valence-electron chi connectivity index (χ4n) is 5.58. The van der Waals surface area contributed by atoms with Gasteiger partial charge in [0.2, 0.25) is 0 Å². The zero-order valence-electron chi connectivity index (χ0n) is 21.9. The molecule has 1 N–H and O–H groups in total. The summed E-state index contributed by atoms with van der Waals surface area (Å²) in [4.78, 5) is 35.9. The number of guanidine groups is 1. The van der Waals surface area contributed by atoms with Gasteiger partial charge >= 0.3 is 6.03 Å². The number of nitrogens with one attached hydrogen (secondary N) is 1. The summed E-state index contributed by atoms with van der Waals surface area (Å²) in [5, 5.41) is 2.52. The van der Waals surface area contributed by atoms with Crippen molar-refractivity contribution in [2.24, 2.45) is 4.99 Å². The fraction of sp³-hybridized carbons (Fsp3) is 0.889. The Hall–Kier alpha value is -1.79. The van der Waals surface area contributed by atoms with Gasteiger partial charge in [0, 0.05) is 26.7 Å². The number of carbonyl (C=O) groups excluding carboxylic acids is 2. The number of unbranched alkanes of at least 4 members (excludes halogenated alkanes) is 13. The molecule has 0 saturated carbocycles. The molecule has 0 aromatic rings. The van der Waals surface area contributed by atoms with Crippen molar-refractivity contribution >= 4 is 17.9 Å². The maximum atomic E-state index is 12.7. The number of nitrogens with zero attached hydrogens (tertiary/aromatic N) is 4. The van der Waals surface area contributed by atoms with Crippen LogP contribution >= 0.6 is 0 Å². The van der Waals surface area contributed by atoms with Gasteiger partial charge in [-0.05, 0) is 25.7 Å². The van der Waals surface area contributed by atoms with E-state index < -0.39 is 6.17 Å². The quantitative estimate of drug-likeness (QED) is 0.318. The molecule has 3 amide bonds. The zero-order valence-corrected chi connectivity index (χ0v) is 21.9. The lowest BCUT2D eigenvalue weighted by Gasteiger charge is -2.38. The first kappa shape index (κ1) is 26.8. The van der Waals surface area contributed by atoms with Crippen molar-refractivity contribution in [2.45, 2.75) is 128 Å². The normalized spacial score (nSPS) is 22.8. The first-order valence-electron chi connectivity index (χ1n) is 14.3. The second kappa shape index (κ2) is 14.6. The molecule has 34 heavy (non-hydrogen) atoms. The topological polar surface area (TPSA) is 68.2 Å². The summed E-state index contributed by atoms with van der Waals surface area (Å²) < 4.78 is 0. The third-order valence-corrected chi connectivity index (χ3v) is 7.73. The molecular weight excluding hydrogens is 426 g/mol. The van der Waals surface area contributed by atoms with E-state index in [1.54, 1.807) is 11.9 Å². The number of amides is 3. The fourth-order valence-corrected chi connectivity index (χ4v) is 5.58. The molecule has 0 radical (unpaired) electrons. The summed E-state index contributed by atoms with van der Waals surface area (Å²) in [5.74, 6) is 0.732. The van der Waals surface area contributed by atoms with Gasteiger partial charge in [0.15, 0.2) is 18.2 Å². The summed E-state index contributed by atoms with van der Waals surface area (Å²) in [7, 11) is 1.74. The van der Waals surface area contributed by atoms with Crippen molar-refractivity contribution in [3.05, 3.63) is 0 Å². The Morgan fingerprint density at radius 1 is 0.794 bits per heavy atom. The molecule has 7 heteroatoms. The maximum absolute atomic E-state index is 12.7. The molecule has 3 rings (SSSR count). The van der Waals surface area contributed by atoms with E-state index in [4.69, 9.17) is 4.99 Å². The standard InChI is InChI=1S/C27H49N5O2/c1-3-4-5-6-7-8-9-10-11-12-13-14-15-19-22-32-23-24(30(2)27(34)29-25(23)33)28-26(32)31-20-17-16-18-21-31/h23-24H,3-22H2,1-2H3,(H,29,33,34). The average molecular weight is 476 g/mol. The molecule has 2 fully saturated rings. The number of hydrogen-bond acceptors (Lipinski definition) is 5. The Labute approximate surface area is 207 Å². The molecule has 7 nitrogen and oxygen atoms in total. The summed E-state index contributed by atoms with van der Waals surface area (Å²) in [6.45, 7) is 5.10. The molecule has 2 saturated heterocycles. The zero-order chi connectivity index (χ0) is 24.2. The molecule has 3 heterocycles.